The minimum absolute atomic E-state index is 0.181. The van der Waals surface area contributed by atoms with Crippen molar-refractivity contribution in [3.05, 3.63) is 97.6 Å². The number of nitrogens with one attached hydrogen (secondary N) is 1. The zero-order chi connectivity index (χ0) is 26.2. The molecule has 1 amide bonds. The van der Waals surface area contributed by atoms with Gasteiger partial charge in [0.25, 0.3) is 11.6 Å². The fourth-order valence-electron chi connectivity index (χ4n) is 3.33. The number of nitro groups is 1. The third-order valence-corrected chi connectivity index (χ3v) is 5.56. The molecule has 0 unspecified atom stereocenters. The zero-order valence-corrected chi connectivity index (χ0v) is 20.8. The highest BCUT2D eigenvalue weighted by Gasteiger charge is 2.16. The molecule has 0 spiro atoms. The molecule has 0 atom stereocenters. The van der Waals surface area contributed by atoms with Crippen LogP contribution < -0.4 is 14.8 Å². The third kappa shape index (κ3) is 6.62. The van der Waals surface area contributed by atoms with Gasteiger partial charge in [0.05, 0.1) is 16.6 Å². The third-order valence-electron chi connectivity index (χ3n) is 5.28. The molecule has 184 valence electrons. The topological polar surface area (TPSA) is 114 Å². The number of carbonyl (C=O) groups is 1. The molecule has 8 nitrogen and oxygen atoms in total. The number of amides is 1. The first-order valence-corrected chi connectivity index (χ1v) is 11.4. The summed E-state index contributed by atoms with van der Waals surface area (Å²) in [5.74, 6) is 0.00654. The number of benzene rings is 3. The highest BCUT2D eigenvalue weighted by molar-refractivity contribution is 6.32. The molecule has 3 aromatic carbocycles. The first-order valence-electron chi connectivity index (χ1n) is 11.0. The molecule has 9 heteroatoms. The van der Waals surface area contributed by atoms with Crippen molar-refractivity contribution in [2.75, 3.05) is 11.9 Å². The summed E-state index contributed by atoms with van der Waals surface area (Å²) in [6.45, 7) is 6.51. The maximum absolute atomic E-state index is 12.6. The quantitative estimate of drug-likeness (QED) is 0.156. The number of carbonyl (C=O) groups excluding carboxylic acids is 1. The van der Waals surface area contributed by atoms with Crippen molar-refractivity contribution in [2.45, 2.75) is 27.4 Å². The van der Waals surface area contributed by atoms with Gasteiger partial charge in [-0.2, -0.15) is 5.26 Å². The van der Waals surface area contributed by atoms with Crippen LogP contribution in [0, 0.1) is 35.3 Å². The van der Waals surface area contributed by atoms with Crippen LogP contribution in [-0.2, 0) is 11.4 Å². The van der Waals surface area contributed by atoms with Gasteiger partial charge in [-0.15, -0.1) is 0 Å². The number of aryl methyl sites for hydroxylation is 2. The van der Waals surface area contributed by atoms with Crippen LogP contribution in [0.2, 0.25) is 5.02 Å². The van der Waals surface area contributed by atoms with E-state index in [1.807, 2.05) is 45.0 Å². The number of non-ortho nitro benzene ring substituents is 1. The lowest BCUT2D eigenvalue weighted by Crippen LogP contribution is -2.13. The van der Waals surface area contributed by atoms with Crippen LogP contribution in [0.15, 0.2) is 60.2 Å². The molecular formula is C27H24ClN3O5. The van der Waals surface area contributed by atoms with Gasteiger partial charge in [0.15, 0.2) is 11.5 Å². The van der Waals surface area contributed by atoms with Crippen LogP contribution in [0.25, 0.3) is 6.08 Å². The first kappa shape index (κ1) is 26.3. The van der Waals surface area contributed by atoms with E-state index >= 15 is 0 Å². The number of hydrogen-bond acceptors (Lipinski definition) is 6. The van der Waals surface area contributed by atoms with Crippen molar-refractivity contribution in [1.29, 1.82) is 5.26 Å². The Balaban J connectivity index is 1.85. The largest absolute Gasteiger partial charge is 0.490 e. The van der Waals surface area contributed by atoms with Crippen LogP contribution in [0.3, 0.4) is 0 Å². The fourth-order valence-corrected chi connectivity index (χ4v) is 3.61. The minimum Gasteiger partial charge on any atom is -0.490 e. The molecule has 0 saturated heterocycles. The lowest BCUT2D eigenvalue weighted by Gasteiger charge is -2.15. The van der Waals surface area contributed by atoms with Crippen molar-refractivity contribution in [1.82, 2.24) is 0 Å². The van der Waals surface area contributed by atoms with Gasteiger partial charge in [0.2, 0.25) is 0 Å². The second kappa shape index (κ2) is 11.9. The molecule has 3 aromatic rings. The molecule has 0 radical (unpaired) electrons. The summed E-state index contributed by atoms with van der Waals surface area (Å²) >= 11 is 6.49. The molecule has 0 aliphatic heterocycles. The van der Waals surface area contributed by atoms with Gasteiger partial charge in [-0.3, -0.25) is 14.9 Å². The van der Waals surface area contributed by atoms with Crippen molar-refractivity contribution >= 4 is 35.0 Å². The van der Waals surface area contributed by atoms with Gasteiger partial charge in [-0.25, -0.2) is 0 Å². The van der Waals surface area contributed by atoms with E-state index in [-0.39, 0.29) is 28.6 Å². The summed E-state index contributed by atoms with van der Waals surface area (Å²) in [5, 5.41) is 23.3. The number of halogens is 1. The summed E-state index contributed by atoms with van der Waals surface area (Å²) in [6.07, 6.45) is 1.36. The van der Waals surface area contributed by atoms with E-state index in [1.165, 1.54) is 35.9 Å². The van der Waals surface area contributed by atoms with E-state index < -0.39 is 10.8 Å². The Morgan fingerprint density at radius 1 is 1.14 bits per heavy atom. The standard InChI is InChI=1S/C27H24ClN3O5/c1-4-35-25-13-20(12-24(28)26(25)36-16-19-9-8-17(2)18(3)10-19)11-21(15-29)27(32)30-22-6-5-7-23(14-22)31(33)34/h5-14H,4,16H2,1-3H3,(H,30,32)/b21-11+. The number of ether oxygens (including phenoxy) is 2. The SMILES string of the molecule is CCOc1cc(/C=C(\C#N)C(=O)Nc2cccc([N+](=O)[O-])c2)cc(Cl)c1OCc1ccc(C)c(C)c1. The number of rotatable bonds is 9. The first-order chi connectivity index (χ1) is 17.2. The predicted octanol–water partition coefficient (Wildman–Crippen LogP) is 6.39. The second-order valence-electron chi connectivity index (χ2n) is 7.90. The highest BCUT2D eigenvalue weighted by atomic mass is 35.5. The number of nitriles is 1. The summed E-state index contributed by atoms with van der Waals surface area (Å²) in [5.41, 5.74) is 3.56. The van der Waals surface area contributed by atoms with Crippen LogP contribution in [-0.4, -0.2) is 17.4 Å². The molecule has 0 bridgehead atoms. The lowest BCUT2D eigenvalue weighted by molar-refractivity contribution is -0.384. The van der Waals surface area contributed by atoms with Crippen molar-refractivity contribution < 1.29 is 19.2 Å². The smallest absolute Gasteiger partial charge is 0.271 e. The maximum atomic E-state index is 12.6. The molecule has 0 aliphatic rings. The molecule has 0 heterocycles. The van der Waals surface area contributed by atoms with E-state index in [2.05, 4.69) is 5.32 Å². The number of nitro benzene ring substituents is 1. The number of anilines is 1. The van der Waals surface area contributed by atoms with E-state index in [4.69, 9.17) is 21.1 Å². The van der Waals surface area contributed by atoms with Gasteiger partial charge in [0, 0.05) is 17.8 Å². The lowest BCUT2D eigenvalue weighted by atomic mass is 10.1. The van der Waals surface area contributed by atoms with E-state index in [1.54, 1.807) is 12.1 Å². The van der Waals surface area contributed by atoms with Crippen LogP contribution in [0.5, 0.6) is 11.5 Å². The van der Waals surface area contributed by atoms with Gasteiger partial charge in [-0.05, 0) is 67.3 Å². The average molecular weight is 506 g/mol. The van der Waals surface area contributed by atoms with Crippen molar-refractivity contribution in [3.8, 4) is 17.6 Å². The maximum Gasteiger partial charge on any atom is 0.271 e. The highest BCUT2D eigenvalue weighted by Crippen LogP contribution is 2.38. The van der Waals surface area contributed by atoms with Gasteiger partial charge in [0.1, 0.15) is 18.2 Å². The summed E-state index contributed by atoms with van der Waals surface area (Å²) in [4.78, 5) is 23.0. The molecular weight excluding hydrogens is 482 g/mol. The molecule has 0 saturated carbocycles. The number of nitrogens with zero attached hydrogens (tertiary/aromatic N) is 2. The minimum atomic E-state index is -0.720. The Kier molecular flexibility index (Phi) is 8.66. The van der Waals surface area contributed by atoms with E-state index in [0.29, 0.717) is 23.7 Å². The van der Waals surface area contributed by atoms with Crippen LogP contribution in [0.4, 0.5) is 11.4 Å². The van der Waals surface area contributed by atoms with Gasteiger partial charge >= 0.3 is 0 Å². The molecule has 3 rings (SSSR count). The second-order valence-corrected chi connectivity index (χ2v) is 8.31. The monoisotopic (exact) mass is 505 g/mol. The Hall–Kier alpha value is -4.35. The van der Waals surface area contributed by atoms with Crippen molar-refractivity contribution in [3.63, 3.8) is 0 Å². The number of hydrogen-bond donors (Lipinski definition) is 1. The summed E-state index contributed by atoms with van der Waals surface area (Å²) in [7, 11) is 0. The van der Waals surface area contributed by atoms with E-state index in [9.17, 15) is 20.2 Å². The summed E-state index contributed by atoms with van der Waals surface area (Å²) < 4.78 is 11.7. The molecule has 1 N–H and O–H groups in total. The Morgan fingerprint density at radius 2 is 1.92 bits per heavy atom. The van der Waals surface area contributed by atoms with E-state index in [0.717, 1.165) is 11.1 Å². The Labute approximate surface area is 213 Å². The van der Waals surface area contributed by atoms with Gasteiger partial charge in [-0.1, -0.05) is 35.9 Å². The Morgan fingerprint density at radius 3 is 2.58 bits per heavy atom. The van der Waals surface area contributed by atoms with Crippen LogP contribution >= 0.6 is 11.6 Å². The average Bonchev–Trinajstić information content (AvgIpc) is 2.84. The predicted molar refractivity (Wildman–Crippen MR) is 138 cm³/mol. The molecule has 0 aromatic heterocycles. The van der Waals surface area contributed by atoms with Crippen LogP contribution in [0.1, 0.15) is 29.2 Å². The molecule has 0 fully saturated rings. The van der Waals surface area contributed by atoms with Crippen molar-refractivity contribution in [2.24, 2.45) is 0 Å². The normalized spacial score (nSPS) is 10.9. The zero-order valence-electron chi connectivity index (χ0n) is 20.0. The molecule has 0 aliphatic carbocycles. The summed E-state index contributed by atoms with van der Waals surface area (Å²) in [6, 6.07) is 16.5. The van der Waals surface area contributed by atoms with Gasteiger partial charge < -0.3 is 14.8 Å². The Bertz CT molecular complexity index is 1380. The molecule has 36 heavy (non-hydrogen) atoms. The fraction of sp³-hybridized carbons (Fsp3) is 0.185.